The van der Waals surface area contributed by atoms with Crippen molar-refractivity contribution in [2.75, 3.05) is 11.5 Å². The van der Waals surface area contributed by atoms with Crippen LogP contribution in [0.2, 0.25) is 0 Å². The maximum absolute atomic E-state index is 11.9. The van der Waals surface area contributed by atoms with E-state index in [1.54, 1.807) is 11.8 Å². The van der Waals surface area contributed by atoms with Gasteiger partial charge in [0.2, 0.25) is 0 Å². The molecule has 2 amide bonds. The average Bonchev–Trinajstić information content (AvgIpc) is 2.57. The maximum atomic E-state index is 11.9. The number of nitrogens with one attached hydrogen (secondary N) is 1. The molecular formula is C18H26N2O3S. The van der Waals surface area contributed by atoms with Crippen molar-refractivity contribution < 1.29 is 14.3 Å². The molecule has 0 spiro atoms. The summed E-state index contributed by atoms with van der Waals surface area (Å²) in [6.07, 6.45) is 5.28. The highest BCUT2D eigenvalue weighted by Gasteiger charge is 2.24. The number of aryl methyl sites for hydroxylation is 1. The lowest BCUT2D eigenvalue weighted by molar-refractivity contribution is -0.147. The first-order valence-electron chi connectivity index (χ1n) is 8.50. The predicted octanol–water partition coefficient (Wildman–Crippen LogP) is 2.88. The van der Waals surface area contributed by atoms with Crippen LogP contribution in [0.25, 0.3) is 0 Å². The van der Waals surface area contributed by atoms with Gasteiger partial charge in [-0.3, -0.25) is 4.79 Å². The Labute approximate surface area is 147 Å². The van der Waals surface area contributed by atoms with E-state index in [0.29, 0.717) is 5.75 Å². The van der Waals surface area contributed by atoms with Gasteiger partial charge < -0.3 is 15.8 Å². The second-order valence-corrected chi connectivity index (χ2v) is 7.22. The van der Waals surface area contributed by atoms with Gasteiger partial charge >= 0.3 is 12.0 Å². The summed E-state index contributed by atoms with van der Waals surface area (Å²) >= 11 is 1.63. The Morgan fingerprint density at radius 1 is 1.17 bits per heavy atom. The number of carbonyl (C=O) groups is 2. The minimum Gasteiger partial charge on any atom is -0.462 e. The summed E-state index contributed by atoms with van der Waals surface area (Å²) in [5.74, 6) is 1.24. The molecule has 1 aliphatic carbocycles. The number of primary amides is 1. The summed E-state index contributed by atoms with van der Waals surface area (Å²) in [6, 6.07) is 10.0. The number of nitrogens with two attached hydrogens (primary N) is 1. The molecule has 0 unspecified atom stereocenters. The maximum Gasteiger partial charge on any atom is 0.316 e. The third kappa shape index (κ3) is 7.25. The summed E-state index contributed by atoms with van der Waals surface area (Å²) in [7, 11) is 0. The van der Waals surface area contributed by atoms with Crippen molar-refractivity contribution in [2.24, 2.45) is 5.73 Å². The third-order valence-electron chi connectivity index (χ3n) is 4.14. The molecular weight excluding hydrogens is 324 g/mol. The summed E-state index contributed by atoms with van der Waals surface area (Å²) in [6.45, 7) is 0. The molecule has 1 aliphatic rings. The molecule has 132 valence electrons. The van der Waals surface area contributed by atoms with Gasteiger partial charge in [-0.05, 0) is 49.8 Å². The fourth-order valence-corrected chi connectivity index (χ4v) is 3.65. The van der Waals surface area contributed by atoms with Crippen LogP contribution in [0.1, 0.15) is 37.7 Å². The van der Waals surface area contributed by atoms with Crippen LogP contribution in [0.4, 0.5) is 4.79 Å². The summed E-state index contributed by atoms with van der Waals surface area (Å²) in [4.78, 5) is 22.7. The van der Waals surface area contributed by atoms with Crippen LogP contribution < -0.4 is 11.1 Å². The molecule has 0 aliphatic heterocycles. The van der Waals surface area contributed by atoms with Gasteiger partial charge in [-0.1, -0.05) is 30.3 Å². The molecule has 3 N–H and O–H groups in total. The molecule has 6 heteroatoms. The molecule has 0 saturated heterocycles. The molecule has 0 heterocycles. The van der Waals surface area contributed by atoms with Crippen molar-refractivity contribution in [3.63, 3.8) is 0 Å². The van der Waals surface area contributed by atoms with E-state index in [-0.39, 0.29) is 18.1 Å². The number of hydrogen-bond acceptors (Lipinski definition) is 4. The average molecular weight is 350 g/mol. The van der Waals surface area contributed by atoms with Gasteiger partial charge in [0.15, 0.2) is 0 Å². The SMILES string of the molecule is NC(=O)NC1CCC(OC(=O)CSCCCc2ccccc2)CC1. The highest BCUT2D eigenvalue weighted by molar-refractivity contribution is 7.99. The number of ether oxygens (including phenoxy) is 1. The van der Waals surface area contributed by atoms with E-state index in [9.17, 15) is 9.59 Å². The zero-order valence-corrected chi connectivity index (χ0v) is 14.7. The first-order valence-corrected chi connectivity index (χ1v) is 9.66. The molecule has 0 atom stereocenters. The van der Waals surface area contributed by atoms with E-state index in [2.05, 4.69) is 17.4 Å². The van der Waals surface area contributed by atoms with Crippen LogP contribution in [0.5, 0.6) is 0 Å². The van der Waals surface area contributed by atoms with Crippen molar-refractivity contribution in [1.29, 1.82) is 0 Å². The van der Waals surface area contributed by atoms with E-state index < -0.39 is 6.03 Å². The minimum absolute atomic E-state index is 0.0201. The summed E-state index contributed by atoms with van der Waals surface area (Å²) in [5, 5.41) is 2.71. The Bertz CT molecular complexity index is 516. The second kappa shape index (κ2) is 10.2. The molecule has 1 aromatic rings. The lowest BCUT2D eigenvalue weighted by atomic mass is 9.93. The van der Waals surface area contributed by atoms with E-state index in [1.165, 1.54) is 5.56 Å². The van der Waals surface area contributed by atoms with Gasteiger partial charge in [0.1, 0.15) is 6.10 Å². The molecule has 2 rings (SSSR count). The van der Waals surface area contributed by atoms with E-state index >= 15 is 0 Å². The largest absolute Gasteiger partial charge is 0.462 e. The minimum atomic E-state index is -0.484. The van der Waals surface area contributed by atoms with Crippen molar-refractivity contribution in [1.82, 2.24) is 5.32 Å². The first kappa shape index (κ1) is 18.6. The fourth-order valence-electron chi connectivity index (χ4n) is 2.92. The second-order valence-electron chi connectivity index (χ2n) is 6.11. The van der Waals surface area contributed by atoms with Crippen molar-refractivity contribution in [3.05, 3.63) is 35.9 Å². The Morgan fingerprint density at radius 2 is 1.88 bits per heavy atom. The molecule has 1 saturated carbocycles. The quantitative estimate of drug-likeness (QED) is 0.558. The number of carbonyl (C=O) groups excluding carboxylic acids is 2. The molecule has 1 aromatic carbocycles. The normalized spacial score (nSPS) is 20.3. The van der Waals surface area contributed by atoms with E-state index in [4.69, 9.17) is 10.5 Å². The van der Waals surface area contributed by atoms with Crippen LogP contribution in [0, 0.1) is 0 Å². The Hall–Kier alpha value is -1.69. The van der Waals surface area contributed by atoms with Crippen molar-refractivity contribution >= 4 is 23.8 Å². The van der Waals surface area contributed by atoms with Gasteiger partial charge in [-0.25, -0.2) is 4.79 Å². The monoisotopic (exact) mass is 350 g/mol. The highest BCUT2D eigenvalue weighted by atomic mass is 32.2. The first-order chi connectivity index (χ1) is 11.6. The lowest BCUT2D eigenvalue weighted by Gasteiger charge is -2.28. The van der Waals surface area contributed by atoms with Crippen molar-refractivity contribution in [2.45, 2.75) is 50.7 Å². The third-order valence-corrected chi connectivity index (χ3v) is 5.15. The Balaban J connectivity index is 1.52. The molecule has 24 heavy (non-hydrogen) atoms. The van der Waals surface area contributed by atoms with Crippen molar-refractivity contribution in [3.8, 4) is 0 Å². The lowest BCUT2D eigenvalue weighted by Crippen LogP contribution is -2.42. The fraction of sp³-hybridized carbons (Fsp3) is 0.556. The molecule has 0 aromatic heterocycles. The number of urea groups is 1. The zero-order valence-electron chi connectivity index (χ0n) is 13.9. The van der Waals surface area contributed by atoms with Gasteiger partial charge in [-0.2, -0.15) is 11.8 Å². The van der Waals surface area contributed by atoms with Crippen LogP contribution in [0.3, 0.4) is 0 Å². The predicted molar refractivity (Wildman–Crippen MR) is 96.9 cm³/mol. The smallest absolute Gasteiger partial charge is 0.316 e. The molecule has 5 nitrogen and oxygen atoms in total. The molecule has 0 bridgehead atoms. The zero-order chi connectivity index (χ0) is 17.2. The van der Waals surface area contributed by atoms with Crippen LogP contribution in [-0.2, 0) is 16.0 Å². The molecule has 1 fully saturated rings. The number of amides is 2. The number of benzene rings is 1. The van der Waals surface area contributed by atoms with Crippen LogP contribution >= 0.6 is 11.8 Å². The van der Waals surface area contributed by atoms with E-state index in [1.807, 2.05) is 18.2 Å². The van der Waals surface area contributed by atoms with Crippen LogP contribution in [0.15, 0.2) is 30.3 Å². The van der Waals surface area contributed by atoms with Gasteiger partial charge in [-0.15, -0.1) is 0 Å². The topological polar surface area (TPSA) is 81.4 Å². The highest BCUT2D eigenvalue weighted by Crippen LogP contribution is 2.21. The number of thioether (sulfide) groups is 1. The standard InChI is InChI=1S/C18H26N2O3S/c19-18(22)20-15-8-10-16(11-9-15)23-17(21)13-24-12-4-7-14-5-2-1-3-6-14/h1-3,5-6,15-16H,4,7-13H2,(H3,19,20,22). The number of esters is 1. The summed E-state index contributed by atoms with van der Waals surface area (Å²) < 4.78 is 5.51. The van der Waals surface area contributed by atoms with Crippen LogP contribution in [-0.4, -0.2) is 35.7 Å². The van der Waals surface area contributed by atoms with Gasteiger partial charge in [0.25, 0.3) is 0 Å². The summed E-state index contributed by atoms with van der Waals surface area (Å²) in [5.41, 5.74) is 6.45. The molecule has 0 radical (unpaired) electrons. The van der Waals surface area contributed by atoms with Gasteiger partial charge in [0.05, 0.1) is 5.75 Å². The van der Waals surface area contributed by atoms with Gasteiger partial charge in [0, 0.05) is 6.04 Å². The van der Waals surface area contributed by atoms with E-state index in [0.717, 1.165) is 44.3 Å². The Kier molecular flexibility index (Phi) is 7.95. The Morgan fingerprint density at radius 3 is 2.54 bits per heavy atom. The number of hydrogen-bond donors (Lipinski definition) is 2. The number of rotatable bonds is 8.